The van der Waals surface area contributed by atoms with Gasteiger partial charge in [-0.25, -0.2) is 4.98 Å². The van der Waals surface area contributed by atoms with Crippen LogP contribution in [0.5, 0.6) is 5.88 Å². The van der Waals surface area contributed by atoms with Crippen LogP contribution in [0, 0.1) is 5.92 Å². The Hall–Kier alpha value is -1.62. The molecule has 0 radical (unpaired) electrons. The number of ether oxygens (including phenoxy) is 1. The third-order valence-corrected chi connectivity index (χ3v) is 3.91. The molecular weight excluding hydrogens is 260 g/mol. The number of nitrogens with two attached hydrogens (primary N) is 1. The van der Waals surface area contributed by atoms with E-state index in [1.165, 1.54) is 12.8 Å². The van der Waals surface area contributed by atoms with Crippen molar-refractivity contribution in [3.8, 4) is 5.88 Å². The molecule has 2 aromatic heterocycles. The molecule has 2 aromatic rings. The van der Waals surface area contributed by atoms with Crippen molar-refractivity contribution in [2.24, 2.45) is 5.92 Å². The van der Waals surface area contributed by atoms with Crippen LogP contribution < -0.4 is 10.5 Å². The Labute approximate surface area is 116 Å². The molecule has 1 aliphatic rings. The van der Waals surface area contributed by atoms with Crippen LogP contribution in [0.4, 0.5) is 5.69 Å². The van der Waals surface area contributed by atoms with Crippen LogP contribution >= 0.6 is 11.8 Å². The van der Waals surface area contributed by atoms with Crippen molar-refractivity contribution in [1.29, 1.82) is 0 Å². The first-order chi connectivity index (χ1) is 9.31. The number of aromatic nitrogens is 1. The van der Waals surface area contributed by atoms with Gasteiger partial charge in [0.1, 0.15) is 10.8 Å². The van der Waals surface area contributed by atoms with Gasteiger partial charge in [-0.2, -0.15) is 0 Å². The molecule has 0 amide bonds. The lowest BCUT2D eigenvalue weighted by atomic mass is 10.4. The molecule has 5 heteroatoms. The fraction of sp³-hybridized carbons (Fsp3) is 0.357. The fourth-order valence-corrected chi connectivity index (χ4v) is 2.42. The largest absolute Gasteiger partial charge is 0.476 e. The number of nitrogens with zero attached hydrogens (tertiary/aromatic N) is 1. The normalized spacial score (nSPS) is 14.5. The van der Waals surface area contributed by atoms with E-state index >= 15 is 0 Å². The highest BCUT2D eigenvalue weighted by atomic mass is 32.2. The van der Waals surface area contributed by atoms with Crippen molar-refractivity contribution < 1.29 is 9.15 Å². The smallest absolute Gasteiger partial charge is 0.238 e. The summed E-state index contributed by atoms with van der Waals surface area (Å²) in [5.74, 6) is 2.94. The van der Waals surface area contributed by atoms with E-state index in [4.69, 9.17) is 14.9 Å². The summed E-state index contributed by atoms with van der Waals surface area (Å²) in [6, 6.07) is 7.60. The Bertz CT molecular complexity index is 538. The highest BCUT2D eigenvalue weighted by Gasteiger charge is 2.22. The quantitative estimate of drug-likeness (QED) is 0.820. The van der Waals surface area contributed by atoms with Gasteiger partial charge in [0.2, 0.25) is 5.88 Å². The van der Waals surface area contributed by atoms with Gasteiger partial charge in [-0.3, -0.25) is 0 Å². The van der Waals surface area contributed by atoms with Gasteiger partial charge in [0, 0.05) is 0 Å². The minimum Gasteiger partial charge on any atom is -0.476 e. The van der Waals surface area contributed by atoms with E-state index in [0.717, 1.165) is 23.1 Å². The van der Waals surface area contributed by atoms with Gasteiger partial charge in [-0.1, -0.05) is 11.8 Å². The second-order valence-electron chi connectivity index (χ2n) is 4.67. The highest BCUT2D eigenvalue weighted by Crippen LogP contribution is 2.31. The van der Waals surface area contributed by atoms with Gasteiger partial charge in [-0.05, 0) is 43.0 Å². The molecule has 19 heavy (non-hydrogen) atoms. The molecule has 2 heterocycles. The molecule has 0 spiro atoms. The summed E-state index contributed by atoms with van der Waals surface area (Å²) in [5, 5.41) is 0.899. The monoisotopic (exact) mass is 276 g/mol. The molecular formula is C14H16N2O2S. The van der Waals surface area contributed by atoms with Crippen LogP contribution in [0.3, 0.4) is 0 Å². The van der Waals surface area contributed by atoms with E-state index in [-0.39, 0.29) is 0 Å². The third-order valence-electron chi connectivity index (χ3n) is 2.96. The number of rotatable bonds is 6. The van der Waals surface area contributed by atoms with Gasteiger partial charge in [0.05, 0.1) is 24.3 Å². The Morgan fingerprint density at radius 3 is 3.00 bits per heavy atom. The molecule has 100 valence electrons. The Morgan fingerprint density at radius 1 is 1.37 bits per heavy atom. The van der Waals surface area contributed by atoms with Crippen LogP contribution in [0.2, 0.25) is 0 Å². The van der Waals surface area contributed by atoms with E-state index < -0.39 is 0 Å². The average molecular weight is 276 g/mol. The number of pyridine rings is 1. The predicted molar refractivity (Wildman–Crippen MR) is 75.1 cm³/mol. The van der Waals surface area contributed by atoms with Crippen LogP contribution in [0.15, 0.2) is 40.0 Å². The van der Waals surface area contributed by atoms with E-state index in [1.54, 1.807) is 18.0 Å². The van der Waals surface area contributed by atoms with E-state index in [2.05, 4.69) is 4.98 Å². The van der Waals surface area contributed by atoms with Crippen molar-refractivity contribution in [3.05, 3.63) is 36.3 Å². The summed E-state index contributed by atoms with van der Waals surface area (Å²) in [7, 11) is 0. The molecule has 0 aromatic carbocycles. The first kappa shape index (κ1) is 12.4. The third kappa shape index (κ3) is 3.44. The Morgan fingerprint density at radius 2 is 2.26 bits per heavy atom. The Kier molecular flexibility index (Phi) is 3.64. The van der Waals surface area contributed by atoms with Crippen LogP contribution in [0.1, 0.15) is 18.6 Å². The van der Waals surface area contributed by atoms with Crippen molar-refractivity contribution >= 4 is 17.4 Å². The van der Waals surface area contributed by atoms with Crippen LogP contribution in [0.25, 0.3) is 0 Å². The summed E-state index contributed by atoms with van der Waals surface area (Å²) in [5.41, 5.74) is 6.47. The molecule has 0 bridgehead atoms. The lowest BCUT2D eigenvalue weighted by molar-refractivity contribution is 0.288. The van der Waals surface area contributed by atoms with Crippen molar-refractivity contribution in [3.63, 3.8) is 0 Å². The summed E-state index contributed by atoms with van der Waals surface area (Å²) >= 11 is 1.61. The zero-order valence-corrected chi connectivity index (χ0v) is 11.4. The molecule has 0 atom stereocenters. The summed E-state index contributed by atoms with van der Waals surface area (Å²) < 4.78 is 11.0. The predicted octanol–water partition coefficient (Wildman–Crippen LogP) is 3.34. The second-order valence-corrected chi connectivity index (χ2v) is 5.66. The number of hydrogen-bond acceptors (Lipinski definition) is 5. The van der Waals surface area contributed by atoms with E-state index in [0.29, 0.717) is 17.5 Å². The summed E-state index contributed by atoms with van der Waals surface area (Å²) in [6.45, 7) is 0.726. The van der Waals surface area contributed by atoms with E-state index in [9.17, 15) is 0 Å². The maximum Gasteiger partial charge on any atom is 0.238 e. The minimum absolute atomic E-state index is 0.552. The molecule has 0 unspecified atom stereocenters. The maximum absolute atomic E-state index is 5.87. The molecule has 0 saturated heterocycles. The average Bonchev–Trinajstić information content (AvgIpc) is 3.10. The van der Waals surface area contributed by atoms with Crippen molar-refractivity contribution in [2.45, 2.75) is 23.6 Å². The molecule has 1 saturated carbocycles. The molecule has 3 rings (SSSR count). The second kappa shape index (κ2) is 5.57. The lowest BCUT2D eigenvalue weighted by Gasteiger charge is -2.08. The number of thioether (sulfide) groups is 1. The van der Waals surface area contributed by atoms with Crippen molar-refractivity contribution in [2.75, 3.05) is 12.3 Å². The zero-order valence-electron chi connectivity index (χ0n) is 10.5. The fourth-order valence-electron chi connectivity index (χ4n) is 1.65. The molecule has 2 N–H and O–H groups in total. The van der Waals surface area contributed by atoms with Gasteiger partial charge in [0.25, 0.3) is 0 Å². The van der Waals surface area contributed by atoms with E-state index in [1.807, 2.05) is 24.3 Å². The zero-order chi connectivity index (χ0) is 13.1. The Balaban J connectivity index is 1.62. The first-order valence-electron chi connectivity index (χ1n) is 6.36. The maximum atomic E-state index is 5.87. The summed E-state index contributed by atoms with van der Waals surface area (Å²) in [4.78, 5) is 4.45. The molecule has 0 aliphatic heterocycles. The molecule has 4 nitrogen and oxygen atoms in total. The van der Waals surface area contributed by atoms with Crippen LogP contribution in [-0.4, -0.2) is 11.6 Å². The van der Waals surface area contributed by atoms with Gasteiger partial charge < -0.3 is 14.9 Å². The standard InChI is InChI=1S/C14H16N2O2S/c15-12-5-6-13(19-9-11-2-1-7-17-11)16-14(12)18-8-10-3-4-10/h1-2,5-7,10H,3-4,8-9,15H2. The minimum atomic E-state index is 0.552. The number of anilines is 1. The molecule has 1 fully saturated rings. The summed E-state index contributed by atoms with van der Waals surface area (Å²) in [6.07, 6.45) is 4.19. The van der Waals surface area contributed by atoms with Gasteiger partial charge in [0.15, 0.2) is 0 Å². The van der Waals surface area contributed by atoms with Gasteiger partial charge in [-0.15, -0.1) is 0 Å². The number of furan rings is 1. The van der Waals surface area contributed by atoms with Crippen LogP contribution in [-0.2, 0) is 5.75 Å². The number of hydrogen-bond donors (Lipinski definition) is 1. The topological polar surface area (TPSA) is 61.3 Å². The lowest BCUT2D eigenvalue weighted by Crippen LogP contribution is -2.04. The molecule has 1 aliphatic carbocycles. The highest BCUT2D eigenvalue weighted by molar-refractivity contribution is 7.98. The first-order valence-corrected chi connectivity index (χ1v) is 7.34. The van der Waals surface area contributed by atoms with Gasteiger partial charge >= 0.3 is 0 Å². The number of nitrogen functional groups attached to an aromatic ring is 1. The SMILES string of the molecule is Nc1ccc(SCc2ccco2)nc1OCC1CC1. The van der Waals surface area contributed by atoms with Crippen molar-refractivity contribution in [1.82, 2.24) is 4.98 Å².